The molecule has 0 aliphatic heterocycles. The Morgan fingerprint density at radius 1 is 1.59 bits per heavy atom. The number of anilines is 1. The Kier molecular flexibility index (Phi) is 5.18. The van der Waals surface area contributed by atoms with E-state index in [-0.39, 0.29) is 19.1 Å². The summed E-state index contributed by atoms with van der Waals surface area (Å²) in [6, 6.07) is 5.00. The van der Waals surface area contributed by atoms with Gasteiger partial charge >= 0.3 is 0 Å². The number of aliphatic hydroxyl groups is 1. The number of nitrogens with zero attached hydrogens (tertiary/aromatic N) is 1. The second-order valence-corrected chi connectivity index (χ2v) is 4.35. The molecule has 0 aliphatic carbocycles. The Balaban J connectivity index is 2.92. The van der Waals surface area contributed by atoms with Gasteiger partial charge in [0.25, 0.3) is 5.91 Å². The Morgan fingerprint density at radius 2 is 2.29 bits per heavy atom. The minimum absolute atomic E-state index is 0.0737. The zero-order valence-electron chi connectivity index (χ0n) is 9.40. The monoisotopic (exact) mass is 298 g/mol. The number of carbonyl (C=O) groups excluding carboxylic acids is 1. The van der Waals surface area contributed by atoms with Crippen molar-refractivity contribution in [2.24, 2.45) is 0 Å². The molecule has 0 saturated heterocycles. The highest BCUT2D eigenvalue weighted by Crippen LogP contribution is 2.21. The molecule has 0 heterocycles. The quantitative estimate of drug-likeness (QED) is 0.642. The molecular formula is C12H15BrN2O2. The summed E-state index contributed by atoms with van der Waals surface area (Å²) in [6.07, 6.45) is 1.62. The van der Waals surface area contributed by atoms with E-state index in [4.69, 9.17) is 10.8 Å². The van der Waals surface area contributed by atoms with Crippen molar-refractivity contribution < 1.29 is 9.90 Å². The fraction of sp³-hybridized carbons (Fsp3) is 0.250. The number of nitrogen functional groups attached to an aromatic ring is 1. The Bertz CT molecular complexity index is 421. The number of halogens is 1. The number of aliphatic hydroxyl groups excluding tert-OH is 1. The summed E-state index contributed by atoms with van der Waals surface area (Å²) in [7, 11) is 0. The average Bonchev–Trinajstić information content (AvgIpc) is 2.31. The lowest BCUT2D eigenvalue weighted by molar-refractivity contribution is 0.0743. The summed E-state index contributed by atoms with van der Waals surface area (Å²) in [6.45, 7) is 4.20. The van der Waals surface area contributed by atoms with Crippen LogP contribution in [0.5, 0.6) is 0 Å². The van der Waals surface area contributed by atoms with Gasteiger partial charge in [0, 0.05) is 28.8 Å². The van der Waals surface area contributed by atoms with Gasteiger partial charge in [0.15, 0.2) is 0 Å². The van der Waals surface area contributed by atoms with Gasteiger partial charge in [-0.2, -0.15) is 0 Å². The van der Waals surface area contributed by atoms with Gasteiger partial charge in [-0.05, 0) is 34.1 Å². The SMILES string of the molecule is C=CCN(CCO)C(=O)c1ccc(N)c(Br)c1. The first-order chi connectivity index (χ1) is 8.10. The van der Waals surface area contributed by atoms with Crippen molar-refractivity contribution in [2.45, 2.75) is 0 Å². The van der Waals surface area contributed by atoms with E-state index < -0.39 is 0 Å². The predicted molar refractivity (Wildman–Crippen MR) is 71.7 cm³/mol. The van der Waals surface area contributed by atoms with E-state index in [2.05, 4.69) is 22.5 Å². The molecule has 3 N–H and O–H groups in total. The van der Waals surface area contributed by atoms with Crippen molar-refractivity contribution in [2.75, 3.05) is 25.4 Å². The van der Waals surface area contributed by atoms with E-state index in [0.717, 1.165) is 0 Å². The molecule has 1 amide bonds. The number of benzene rings is 1. The van der Waals surface area contributed by atoms with Crippen molar-refractivity contribution in [3.8, 4) is 0 Å². The topological polar surface area (TPSA) is 66.6 Å². The molecule has 17 heavy (non-hydrogen) atoms. The van der Waals surface area contributed by atoms with Gasteiger partial charge in [-0.15, -0.1) is 6.58 Å². The van der Waals surface area contributed by atoms with Crippen LogP contribution in [-0.2, 0) is 0 Å². The van der Waals surface area contributed by atoms with Crippen molar-refractivity contribution in [1.29, 1.82) is 0 Å². The molecule has 0 spiro atoms. The Morgan fingerprint density at radius 3 is 2.82 bits per heavy atom. The van der Waals surface area contributed by atoms with Gasteiger partial charge in [0.1, 0.15) is 0 Å². The van der Waals surface area contributed by atoms with Crippen LogP contribution in [0.4, 0.5) is 5.69 Å². The van der Waals surface area contributed by atoms with Crippen LogP contribution in [0, 0.1) is 0 Å². The number of hydrogen-bond acceptors (Lipinski definition) is 3. The molecule has 1 aromatic rings. The third-order valence-electron chi connectivity index (χ3n) is 2.25. The fourth-order valence-corrected chi connectivity index (χ4v) is 1.77. The third-order valence-corrected chi connectivity index (χ3v) is 2.94. The smallest absolute Gasteiger partial charge is 0.254 e. The maximum atomic E-state index is 12.1. The molecule has 0 saturated carbocycles. The van der Waals surface area contributed by atoms with Crippen LogP contribution in [0.3, 0.4) is 0 Å². The molecule has 1 rings (SSSR count). The first-order valence-corrected chi connectivity index (χ1v) is 5.95. The summed E-state index contributed by atoms with van der Waals surface area (Å²) in [5, 5.41) is 8.90. The van der Waals surface area contributed by atoms with E-state index in [0.29, 0.717) is 22.3 Å². The number of amides is 1. The maximum Gasteiger partial charge on any atom is 0.254 e. The second-order valence-electron chi connectivity index (χ2n) is 3.50. The van der Waals surface area contributed by atoms with Crippen LogP contribution in [-0.4, -0.2) is 35.6 Å². The summed E-state index contributed by atoms with van der Waals surface area (Å²) in [5.74, 6) is -0.153. The third kappa shape index (κ3) is 3.57. The van der Waals surface area contributed by atoms with Gasteiger partial charge in [-0.3, -0.25) is 4.79 Å². The summed E-state index contributed by atoms with van der Waals surface area (Å²) < 4.78 is 0.686. The lowest BCUT2D eigenvalue weighted by Crippen LogP contribution is -2.33. The van der Waals surface area contributed by atoms with Crippen molar-refractivity contribution in [3.05, 3.63) is 40.9 Å². The van der Waals surface area contributed by atoms with Crippen LogP contribution >= 0.6 is 15.9 Å². The molecule has 0 atom stereocenters. The highest BCUT2D eigenvalue weighted by molar-refractivity contribution is 9.10. The minimum atomic E-state index is -0.153. The van der Waals surface area contributed by atoms with E-state index in [1.54, 1.807) is 24.3 Å². The van der Waals surface area contributed by atoms with Crippen LogP contribution in [0.15, 0.2) is 35.3 Å². The van der Waals surface area contributed by atoms with Gasteiger partial charge in [-0.25, -0.2) is 0 Å². The summed E-state index contributed by atoms with van der Waals surface area (Å²) in [5.41, 5.74) is 6.77. The summed E-state index contributed by atoms with van der Waals surface area (Å²) in [4.78, 5) is 13.6. The van der Waals surface area contributed by atoms with Crippen LogP contribution in [0.2, 0.25) is 0 Å². The normalized spacial score (nSPS) is 10.0. The molecular weight excluding hydrogens is 284 g/mol. The molecule has 5 heteroatoms. The van der Waals surface area contributed by atoms with E-state index in [9.17, 15) is 4.79 Å². The lowest BCUT2D eigenvalue weighted by atomic mass is 10.2. The molecule has 1 aromatic carbocycles. The molecule has 0 aliphatic rings. The first kappa shape index (κ1) is 13.7. The fourth-order valence-electron chi connectivity index (χ4n) is 1.40. The van der Waals surface area contributed by atoms with Crippen molar-refractivity contribution in [1.82, 2.24) is 4.90 Å². The van der Waals surface area contributed by atoms with E-state index in [1.165, 1.54) is 4.90 Å². The highest BCUT2D eigenvalue weighted by atomic mass is 79.9. The standard InChI is InChI=1S/C12H15BrN2O2/c1-2-5-15(6-7-16)12(17)9-3-4-11(14)10(13)8-9/h2-4,8,16H,1,5-7,14H2. The predicted octanol–water partition coefficient (Wildman–Crippen LogP) is 1.65. The molecule has 92 valence electrons. The number of carbonyl (C=O) groups is 1. The molecule has 0 bridgehead atoms. The first-order valence-electron chi connectivity index (χ1n) is 5.16. The molecule has 4 nitrogen and oxygen atoms in total. The zero-order valence-corrected chi connectivity index (χ0v) is 11.0. The molecule has 0 aromatic heterocycles. The number of rotatable bonds is 5. The maximum absolute atomic E-state index is 12.1. The zero-order chi connectivity index (χ0) is 12.8. The number of hydrogen-bond donors (Lipinski definition) is 2. The Labute approximate surface area is 109 Å². The van der Waals surface area contributed by atoms with Crippen molar-refractivity contribution in [3.63, 3.8) is 0 Å². The average molecular weight is 299 g/mol. The largest absolute Gasteiger partial charge is 0.398 e. The van der Waals surface area contributed by atoms with E-state index in [1.807, 2.05) is 0 Å². The molecule has 0 radical (unpaired) electrons. The van der Waals surface area contributed by atoms with E-state index >= 15 is 0 Å². The van der Waals surface area contributed by atoms with Crippen LogP contribution in [0.1, 0.15) is 10.4 Å². The van der Waals surface area contributed by atoms with Crippen LogP contribution in [0.25, 0.3) is 0 Å². The van der Waals surface area contributed by atoms with Crippen molar-refractivity contribution >= 4 is 27.5 Å². The van der Waals surface area contributed by atoms with Crippen LogP contribution < -0.4 is 5.73 Å². The molecule has 0 unspecified atom stereocenters. The molecule has 0 fully saturated rings. The second kappa shape index (κ2) is 6.42. The minimum Gasteiger partial charge on any atom is -0.398 e. The highest BCUT2D eigenvalue weighted by Gasteiger charge is 2.14. The summed E-state index contributed by atoms with van der Waals surface area (Å²) >= 11 is 3.28. The number of nitrogens with two attached hydrogens (primary N) is 1. The van der Waals surface area contributed by atoms with Gasteiger partial charge in [0.05, 0.1) is 6.61 Å². The van der Waals surface area contributed by atoms with Gasteiger partial charge in [0.2, 0.25) is 0 Å². The lowest BCUT2D eigenvalue weighted by Gasteiger charge is -2.20. The Hall–Kier alpha value is -1.33. The van der Waals surface area contributed by atoms with Gasteiger partial charge in [-0.1, -0.05) is 6.08 Å². The van der Waals surface area contributed by atoms with Gasteiger partial charge < -0.3 is 15.7 Å².